The smallest absolute Gasteiger partial charge is 0.245 e. The van der Waals surface area contributed by atoms with Gasteiger partial charge in [-0.05, 0) is 62.1 Å². The molecule has 2 amide bonds. The van der Waals surface area contributed by atoms with Crippen LogP contribution in [0.15, 0.2) is 97.1 Å². The summed E-state index contributed by atoms with van der Waals surface area (Å²) in [5, 5.41) is 1.86. The molecule has 0 N–H and O–H groups in total. The van der Waals surface area contributed by atoms with Crippen LogP contribution in [0.25, 0.3) is 0 Å². The summed E-state index contributed by atoms with van der Waals surface area (Å²) in [6, 6.07) is 29.5. The Morgan fingerprint density at radius 2 is 1.07 bits per heavy atom. The van der Waals surface area contributed by atoms with Crippen molar-refractivity contribution in [3.05, 3.63) is 131 Å². The second kappa shape index (κ2) is 12.1. The molecule has 4 nitrogen and oxygen atoms in total. The van der Waals surface area contributed by atoms with Crippen LogP contribution in [0.1, 0.15) is 59.3 Å². The van der Waals surface area contributed by atoms with Gasteiger partial charge in [0.25, 0.3) is 0 Å². The molecule has 2 heterocycles. The number of benzene rings is 4. The molecule has 2 aliphatic rings. The van der Waals surface area contributed by atoms with Crippen molar-refractivity contribution in [1.29, 1.82) is 0 Å². The van der Waals surface area contributed by atoms with Crippen molar-refractivity contribution in [3.63, 3.8) is 0 Å². The first kappa shape index (κ1) is 28.8. The number of amides is 2. The summed E-state index contributed by atoms with van der Waals surface area (Å²) in [6.07, 6.45) is 1.83. The molecule has 0 radical (unpaired) electrons. The maximum atomic E-state index is 15.8. The van der Waals surface area contributed by atoms with Crippen LogP contribution in [0.3, 0.4) is 0 Å². The Balaban J connectivity index is 1.62. The summed E-state index contributed by atoms with van der Waals surface area (Å²) in [6.45, 7) is 4.08. The summed E-state index contributed by atoms with van der Waals surface area (Å²) < 4.78 is 33.5. The van der Waals surface area contributed by atoms with Gasteiger partial charge in [-0.2, -0.15) is 4.55 Å². The van der Waals surface area contributed by atoms with Gasteiger partial charge in [0.15, 0.2) is 0 Å². The first-order valence-corrected chi connectivity index (χ1v) is 16.9. The van der Waals surface area contributed by atoms with Gasteiger partial charge in [-0.15, -0.1) is 0 Å². The molecule has 42 heavy (non-hydrogen) atoms. The average molecular weight is 601 g/mol. The van der Waals surface area contributed by atoms with Crippen molar-refractivity contribution in [2.45, 2.75) is 50.8 Å². The van der Waals surface area contributed by atoms with E-state index in [-0.39, 0.29) is 36.0 Å². The van der Waals surface area contributed by atoms with Gasteiger partial charge in [0.2, 0.25) is 11.8 Å². The number of carbonyl (C=O) groups excluding carboxylic acids is 2. The number of hydrogen-bond acceptors (Lipinski definition) is 3. The molecule has 0 bridgehead atoms. The maximum absolute atomic E-state index is 15.8. The average Bonchev–Trinajstić information content (AvgIpc) is 3.57. The number of aryl methyl sites for hydroxylation is 2. The summed E-state index contributed by atoms with van der Waals surface area (Å²) in [5.74, 6) is -1.60. The van der Waals surface area contributed by atoms with Crippen molar-refractivity contribution in [3.8, 4) is 0 Å². The van der Waals surface area contributed by atoms with E-state index < -0.39 is 27.8 Å². The third-order valence-corrected chi connectivity index (χ3v) is 14.3. The van der Waals surface area contributed by atoms with Crippen LogP contribution in [-0.2, 0) is 9.59 Å². The van der Waals surface area contributed by atoms with Crippen LogP contribution in [0, 0.1) is 25.5 Å². The molecule has 6 rings (SSSR count). The third-order valence-electron chi connectivity index (χ3n) is 8.03. The standard InChI is InChI=1S/C34H32F2N2O2P2/c1-23-11-15-25(16-12-23)29-19-20-30(26-17-13-24(2)14-18-26)41(29)38(37-33(39)21-22-34(37)40)42(31-9-5-3-7-27(31)35)32-10-6-4-8-28(32)36/h3-18,29-30H,19-22H2,1-2H3/t29-,30-/m0/s1. The predicted molar refractivity (Wildman–Crippen MR) is 166 cm³/mol. The Labute approximate surface area is 247 Å². The monoisotopic (exact) mass is 600 g/mol. The van der Waals surface area contributed by atoms with Gasteiger partial charge in [-0.1, -0.05) is 83.9 Å². The minimum atomic E-state index is -1.98. The van der Waals surface area contributed by atoms with Crippen LogP contribution < -0.4 is 10.6 Å². The predicted octanol–water partition coefficient (Wildman–Crippen LogP) is 7.97. The van der Waals surface area contributed by atoms with Crippen molar-refractivity contribution >= 4 is 38.6 Å². The van der Waals surface area contributed by atoms with Crippen LogP contribution >= 0.6 is 16.1 Å². The Morgan fingerprint density at radius 3 is 1.48 bits per heavy atom. The van der Waals surface area contributed by atoms with E-state index in [1.54, 1.807) is 36.4 Å². The summed E-state index contributed by atoms with van der Waals surface area (Å²) in [4.78, 5) is 27.2. The Kier molecular flexibility index (Phi) is 8.32. The molecule has 0 saturated carbocycles. The fraction of sp³-hybridized carbons (Fsp3) is 0.235. The molecule has 0 unspecified atom stereocenters. The minimum Gasteiger partial charge on any atom is -0.273 e. The highest BCUT2D eigenvalue weighted by Gasteiger charge is 2.51. The molecular formula is C34H32F2N2O2P2. The van der Waals surface area contributed by atoms with Gasteiger partial charge < -0.3 is 0 Å². The van der Waals surface area contributed by atoms with E-state index in [1.165, 1.54) is 17.1 Å². The number of hydrazine groups is 1. The Morgan fingerprint density at radius 1 is 0.667 bits per heavy atom. The fourth-order valence-electron chi connectivity index (χ4n) is 5.89. The molecular weight excluding hydrogens is 568 g/mol. The normalized spacial score (nSPS) is 19.4. The van der Waals surface area contributed by atoms with E-state index in [0.29, 0.717) is 10.6 Å². The zero-order chi connectivity index (χ0) is 29.4. The molecule has 2 fully saturated rings. The van der Waals surface area contributed by atoms with Crippen LogP contribution in [0.5, 0.6) is 0 Å². The number of halogens is 2. The molecule has 2 atom stereocenters. The lowest BCUT2D eigenvalue weighted by Crippen LogP contribution is -2.44. The number of nitrogens with zero attached hydrogens (tertiary/aromatic N) is 2. The largest absolute Gasteiger partial charge is 0.273 e. The lowest BCUT2D eigenvalue weighted by atomic mass is 10.0. The van der Waals surface area contributed by atoms with E-state index in [1.807, 2.05) is 18.4 Å². The summed E-state index contributed by atoms with van der Waals surface area (Å²) in [5.41, 5.74) is 4.47. The van der Waals surface area contributed by atoms with E-state index >= 15 is 8.78 Å². The molecule has 4 aromatic carbocycles. The highest BCUT2D eigenvalue weighted by atomic mass is 31.2. The van der Waals surface area contributed by atoms with Crippen LogP contribution in [0.4, 0.5) is 8.78 Å². The van der Waals surface area contributed by atoms with Gasteiger partial charge >= 0.3 is 0 Å². The van der Waals surface area contributed by atoms with E-state index in [4.69, 9.17) is 0 Å². The molecule has 2 saturated heterocycles. The molecule has 2 aliphatic heterocycles. The zero-order valence-electron chi connectivity index (χ0n) is 23.6. The van der Waals surface area contributed by atoms with Gasteiger partial charge in [0.05, 0.1) is 8.07 Å². The number of imide groups is 1. The Bertz CT molecular complexity index is 1500. The minimum absolute atomic E-state index is 0.0170. The number of carbonyl (C=O) groups is 2. The number of hydrogen-bond donors (Lipinski definition) is 0. The van der Waals surface area contributed by atoms with Gasteiger partial charge in [0.1, 0.15) is 11.6 Å². The van der Waals surface area contributed by atoms with Gasteiger partial charge in [0, 0.05) is 42.8 Å². The van der Waals surface area contributed by atoms with Crippen molar-refractivity contribution in [2.75, 3.05) is 0 Å². The first-order valence-electron chi connectivity index (χ1n) is 14.2. The van der Waals surface area contributed by atoms with Crippen LogP contribution in [-0.4, -0.2) is 21.4 Å². The first-order chi connectivity index (χ1) is 20.3. The third kappa shape index (κ3) is 5.44. The van der Waals surface area contributed by atoms with Crippen molar-refractivity contribution in [2.24, 2.45) is 0 Å². The summed E-state index contributed by atoms with van der Waals surface area (Å²) >= 11 is 0. The molecule has 0 spiro atoms. The van der Waals surface area contributed by atoms with E-state index in [9.17, 15) is 9.59 Å². The van der Waals surface area contributed by atoms with Crippen molar-refractivity contribution in [1.82, 2.24) is 9.56 Å². The molecule has 0 aromatic heterocycles. The molecule has 0 aliphatic carbocycles. The quantitative estimate of drug-likeness (QED) is 0.160. The fourth-order valence-corrected chi connectivity index (χ4v) is 13.2. The highest BCUT2D eigenvalue weighted by molar-refractivity contribution is 7.79. The SMILES string of the molecule is Cc1ccc([C@@H]2CC[C@@H](c3ccc(C)cc3)P2N(N2C(=O)CCC2=O)P(c2ccccc2F)c2ccccc2F)cc1. The second-order valence-electron chi connectivity index (χ2n) is 10.9. The lowest BCUT2D eigenvalue weighted by Gasteiger charge is -2.45. The van der Waals surface area contributed by atoms with Gasteiger partial charge in [-0.3, -0.25) is 9.59 Å². The van der Waals surface area contributed by atoms with Gasteiger partial charge in [-0.25, -0.2) is 13.8 Å². The molecule has 214 valence electrons. The lowest BCUT2D eigenvalue weighted by molar-refractivity contribution is -0.144. The van der Waals surface area contributed by atoms with Crippen LogP contribution in [0.2, 0.25) is 0 Å². The maximum Gasteiger partial charge on any atom is 0.245 e. The topological polar surface area (TPSA) is 40.6 Å². The Hall–Kier alpha value is -3.30. The summed E-state index contributed by atoms with van der Waals surface area (Å²) in [7, 11) is -3.35. The highest BCUT2D eigenvalue weighted by Crippen LogP contribution is 2.77. The van der Waals surface area contributed by atoms with E-state index in [2.05, 4.69) is 48.5 Å². The second-order valence-corrected chi connectivity index (χ2v) is 15.6. The molecule has 4 aromatic rings. The zero-order valence-corrected chi connectivity index (χ0v) is 25.4. The molecule has 8 heteroatoms. The number of rotatable bonds is 7. The van der Waals surface area contributed by atoms with E-state index in [0.717, 1.165) is 35.1 Å². The van der Waals surface area contributed by atoms with Crippen molar-refractivity contribution < 1.29 is 18.4 Å².